The number of amides is 1. The molecule has 1 N–H and O–H groups in total. The summed E-state index contributed by atoms with van der Waals surface area (Å²) in [5, 5.41) is 11.8. The standard InChI is InChI=1S/C16H13N3O/c1-12-5-2-3-7-15(12)19-16(20)14(10-17)9-13-6-4-8-18-11-13/h2-9,11H,1H3,(H,19,20)/b14-9-. The number of benzene rings is 1. The molecule has 0 spiro atoms. The van der Waals surface area contributed by atoms with Crippen molar-refractivity contribution in [2.75, 3.05) is 5.32 Å². The number of hydrogen-bond acceptors (Lipinski definition) is 3. The Labute approximate surface area is 117 Å². The van der Waals surface area contributed by atoms with E-state index in [1.54, 1.807) is 30.6 Å². The van der Waals surface area contributed by atoms with E-state index in [0.29, 0.717) is 11.3 Å². The molecule has 0 aliphatic carbocycles. The normalized spacial score (nSPS) is 10.7. The van der Waals surface area contributed by atoms with Crippen molar-refractivity contribution in [2.45, 2.75) is 6.92 Å². The third-order valence-electron chi connectivity index (χ3n) is 2.75. The van der Waals surface area contributed by atoms with E-state index in [1.807, 2.05) is 31.2 Å². The van der Waals surface area contributed by atoms with E-state index in [4.69, 9.17) is 5.26 Å². The van der Waals surface area contributed by atoms with Gasteiger partial charge < -0.3 is 5.32 Å². The lowest BCUT2D eigenvalue weighted by atomic mass is 10.1. The Morgan fingerprint density at radius 1 is 1.30 bits per heavy atom. The molecule has 1 aromatic heterocycles. The van der Waals surface area contributed by atoms with Gasteiger partial charge in [0.05, 0.1) is 0 Å². The number of aryl methyl sites for hydroxylation is 1. The van der Waals surface area contributed by atoms with Crippen molar-refractivity contribution in [3.05, 3.63) is 65.5 Å². The molecule has 0 bridgehead atoms. The lowest BCUT2D eigenvalue weighted by Gasteiger charge is -2.07. The summed E-state index contributed by atoms with van der Waals surface area (Å²) in [5.74, 6) is -0.425. The minimum Gasteiger partial charge on any atom is -0.321 e. The Bertz CT molecular complexity index is 684. The fourth-order valence-corrected chi connectivity index (χ4v) is 1.68. The predicted octanol–water partition coefficient (Wildman–Crippen LogP) is 2.94. The molecule has 0 saturated heterocycles. The van der Waals surface area contributed by atoms with Gasteiger partial charge in [0.25, 0.3) is 5.91 Å². The van der Waals surface area contributed by atoms with Crippen LogP contribution in [0.3, 0.4) is 0 Å². The van der Waals surface area contributed by atoms with Crippen LogP contribution in [0.25, 0.3) is 6.08 Å². The highest BCUT2D eigenvalue weighted by Gasteiger charge is 2.10. The third-order valence-corrected chi connectivity index (χ3v) is 2.75. The highest BCUT2D eigenvalue weighted by molar-refractivity contribution is 6.09. The molecule has 0 aliphatic rings. The third kappa shape index (κ3) is 3.30. The molecule has 1 amide bonds. The van der Waals surface area contributed by atoms with Gasteiger partial charge in [-0.25, -0.2) is 0 Å². The number of aromatic nitrogens is 1. The van der Waals surface area contributed by atoms with Crippen molar-refractivity contribution in [2.24, 2.45) is 0 Å². The molecule has 0 radical (unpaired) electrons. The van der Waals surface area contributed by atoms with Crippen LogP contribution in [0, 0.1) is 18.3 Å². The van der Waals surface area contributed by atoms with Crippen molar-refractivity contribution in [3.63, 3.8) is 0 Å². The van der Waals surface area contributed by atoms with Crippen LogP contribution < -0.4 is 5.32 Å². The molecule has 98 valence electrons. The first-order valence-corrected chi connectivity index (χ1v) is 6.09. The summed E-state index contributed by atoms with van der Waals surface area (Å²) in [6, 6.07) is 12.9. The number of nitrogens with one attached hydrogen (secondary N) is 1. The molecule has 20 heavy (non-hydrogen) atoms. The highest BCUT2D eigenvalue weighted by atomic mass is 16.1. The number of anilines is 1. The van der Waals surface area contributed by atoms with Crippen molar-refractivity contribution < 1.29 is 4.79 Å². The number of carbonyl (C=O) groups excluding carboxylic acids is 1. The predicted molar refractivity (Wildman–Crippen MR) is 77.6 cm³/mol. The zero-order valence-corrected chi connectivity index (χ0v) is 11.0. The van der Waals surface area contributed by atoms with E-state index in [-0.39, 0.29) is 5.57 Å². The van der Waals surface area contributed by atoms with E-state index >= 15 is 0 Å². The second-order valence-corrected chi connectivity index (χ2v) is 4.23. The van der Waals surface area contributed by atoms with Gasteiger partial charge in [-0.05, 0) is 36.3 Å². The largest absolute Gasteiger partial charge is 0.321 e. The molecule has 4 nitrogen and oxygen atoms in total. The molecular formula is C16H13N3O. The first kappa shape index (κ1) is 13.5. The van der Waals surface area contributed by atoms with Crippen LogP contribution in [-0.2, 0) is 4.79 Å². The number of rotatable bonds is 3. The Morgan fingerprint density at radius 2 is 2.10 bits per heavy atom. The number of carbonyl (C=O) groups is 1. The quantitative estimate of drug-likeness (QED) is 0.684. The van der Waals surface area contributed by atoms with Gasteiger partial charge in [0.1, 0.15) is 11.6 Å². The highest BCUT2D eigenvalue weighted by Crippen LogP contribution is 2.15. The summed E-state index contributed by atoms with van der Waals surface area (Å²) in [5.41, 5.74) is 2.40. The van der Waals surface area contributed by atoms with Crippen LogP contribution in [0.4, 0.5) is 5.69 Å². The maximum Gasteiger partial charge on any atom is 0.266 e. The Morgan fingerprint density at radius 3 is 2.75 bits per heavy atom. The summed E-state index contributed by atoms with van der Waals surface area (Å²) in [4.78, 5) is 16.0. The van der Waals surface area contributed by atoms with Crippen molar-refractivity contribution in [1.29, 1.82) is 5.26 Å². The second kappa shape index (κ2) is 6.30. The van der Waals surface area contributed by atoms with E-state index in [9.17, 15) is 4.79 Å². The molecule has 0 saturated carbocycles. The second-order valence-electron chi connectivity index (χ2n) is 4.23. The first-order valence-electron chi connectivity index (χ1n) is 6.09. The molecule has 0 aliphatic heterocycles. The average molecular weight is 263 g/mol. The lowest BCUT2D eigenvalue weighted by molar-refractivity contribution is -0.112. The average Bonchev–Trinajstić information content (AvgIpc) is 2.48. The molecule has 2 rings (SSSR count). The monoisotopic (exact) mass is 263 g/mol. The van der Waals surface area contributed by atoms with E-state index in [1.165, 1.54) is 6.08 Å². The molecule has 0 unspecified atom stereocenters. The minimum atomic E-state index is -0.425. The summed E-state index contributed by atoms with van der Waals surface area (Å²) in [6.07, 6.45) is 4.75. The van der Waals surface area contributed by atoms with Crippen LogP contribution in [0.1, 0.15) is 11.1 Å². The van der Waals surface area contributed by atoms with Crippen molar-refractivity contribution >= 4 is 17.7 Å². The fraction of sp³-hybridized carbons (Fsp3) is 0.0625. The lowest BCUT2D eigenvalue weighted by Crippen LogP contribution is -2.14. The van der Waals surface area contributed by atoms with E-state index < -0.39 is 5.91 Å². The first-order chi connectivity index (χ1) is 9.70. The maximum atomic E-state index is 12.1. The Balaban J connectivity index is 2.21. The Kier molecular flexibility index (Phi) is 4.25. The van der Waals surface area contributed by atoms with Crippen LogP contribution in [-0.4, -0.2) is 10.9 Å². The van der Waals surface area contributed by atoms with Crippen molar-refractivity contribution in [1.82, 2.24) is 4.98 Å². The van der Waals surface area contributed by atoms with Crippen LogP contribution in [0.15, 0.2) is 54.4 Å². The zero-order chi connectivity index (χ0) is 14.4. The zero-order valence-electron chi connectivity index (χ0n) is 11.0. The van der Waals surface area contributed by atoms with Gasteiger partial charge in [-0.3, -0.25) is 9.78 Å². The SMILES string of the molecule is Cc1ccccc1NC(=O)/C(C#N)=C\c1cccnc1. The van der Waals surface area contributed by atoms with Gasteiger partial charge in [-0.2, -0.15) is 5.26 Å². The smallest absolute Gasteiger partial charge is 0.266 e. The van der Waals surface area contributed by atoms with E-state index in [0.717, 1.165) is 5.56 Å². The van der Waals surface area contributed by atoms with Crippen molar-refractivity contribution in [3.8, 4) is 6.07 Å². The topological polar surface area (TPSA) is 65.8 Å². The Hall–Kier alpha value is -2.93. The van der Waals surface area contributed by atoms with E-state index in [2.05, 4.69) is 10.3 Å². The number of nitrogens with zero attached hydrogens (tertiary/aromatic N) is 2. The van der Waals surface area contributed by atoms with Gasteiger partial charge in [0, 0.05) is 18.1 Å². The maximum absolute atomic E-state index is 12.1. The van der Waals surface area contributed by atoms with Gasteiger partial charge in [0.2, 0.25) is 0 Å². The number of nitriles is 1. The summed E-state index contributed by atoms with van der Waals surface area (Å²) >= 11 is 0. The molecule has 2 aromatic rings. The summed E-state index contributed by atoms with van der Waals surface area (Å²) in [7, 11) is 0. The molecule has 0 atom stereocenters. The van der Waals surface area contributed by atoms with Crippen LogP contribution >= 0.6 is 0 Å². The van der Waals surface area contributed by atoms with Gasteiger partial charge in [-0.1, -0.05) is 24.3 Å². The molecular weight excluding hydrogens is 250 g/mol. The molecule has 4 heteroatoms. The molecule has 1 aromatic carbocycles. The summed E-state index contributed by atoms with van der Waals surface area (Å²) < 4.78 is 0. The van der Waals surface area contributed by atoms with Gasteiger partial charge in [0.15, 0.2) is 0 Å². The minimum absolute atomic E-state index is 0.0428. The fourth-order valence-electron chi connectivity index (χ4n) is 1.68. The van der Waals surface area contributed by atoms with Gasteiger partial charge >= 0.3 is 0 Å². The van der Waals surface area contributed by atoms with Crippen LogP contribution in [0.2, 0.25) is 0 Å². The molecule has 1 heterocycles. The number of hydrogen-bond donors (Lipinski definition) is 1. The summed E-state index contributed by atoms with van der Waals surface area (Å²) in [6.45, 7) is 1.90. The molecule has 0 fully saturated rings. The number of pyridine rings is 1. The van der Waals surface area contributed by atoms with Crippen LogP contribution in [0.5, 0.6) is 0 Å². The number of para-hydroxylation sites is 1. The van der Waals surface area contributed by atoms with Gasteiger partial charge in [-0.15, -0.1) is 0 Å².